The van der Waals surface area contributed by atoms with E-state index in [2.05, 4.69) is 15.0 Å². The highest BCUT2D eigenvalue weighted by Crippen LogP contribution is 2.15. The molecule has 15 heavy (non-hydrogen) atoms. The molecule has 0 radical (unpaired) electrons. The van der Waals surface area contributed by atoms with Crippen molar-refractivity contribution in [3.05, 3.63) is 5.82 Å². The van der Waals surface area contributed by atoms with Crippen LogP contribution in [0.2, 0.25) is 0 Å². The first-order valence-electron chi connectivity index (χ1n) is 4.36. The molecule has 0 unspecified atom stereocenters. The summed E-state index contributed by atoms with van der Waals surface area (Å²) in [5.74, 6) is 0.173. The van der Waals surface area contributed by atoms with E-state index in [9.17, 15) is 9.59 Å². The average Bonchev–Trinajstić information content (AvgIpc) is 2.43. The highest BCUT2D eigenvalue weighted by molar-refractivity contribution is 6.14. The molecule has 1 aliphatic heterocycles. The van der Waals surface area contributed by atoms with E-state index in [1.54, 1.807) is 6.92 Å². The van der Waals surface area contributed by atoms with Gasteiger partial charge in [-0.15, -0.1) is 0 Å². The first kappa shape index (κ1) is 9.50. The summed E-state index contributed by atoms with van der Waals surface area (Å²) in [5, 5.41) is 0. The van der Waals surface area contributed by atoms with Crippen LogP contribution in [0.5, 0.6) is 0 Å². The number of carbonyl (C=O) groups excluding carboxylic acids is 2. The Balaban J connectivity index is 2.37. The number of aromatic nitrogens is 3. The smallest absolute Gasteiger partial charge is 0.237 e. The van der Waals surface area contributed by atoms with Gasteiger partial charge in [-0.2, -0.15) is 15.0 Å². The molecule has 0 atom stereocenters. The van der Waals surface area contributed by atoms with Crippen molar-refractivity contribution in [3.63, 3.8) is 0 Å². The Morgan fingerprint density at radius 1 is 1.27 bits per heavy atom. The van der Waals surface area contributed by atoms with Crippen molar-refractivity contribution in [2.24, 2.45) is 0 Å². The molecule has 78 valence electrons. The minimum atomic E-state index is -0.301. The zero-order valence-corrected chi connectivity index (χ0v) is 8.10. The number of carbonyl (C=O) groups is 2. The summed E-state index contributed by atoms with van der Waals surface area (Å²) < 4.78 is 0. The zero-order valence-electron chi connectivity index (χ0n) is 8.10. The fraction of sp³-hybridized carbons (Fsp3) is 0.375. The predicted molar refractivity (Wildman–Crippen MR) is 51.0 cm³/mol. The summed E-state index contributed by atoms with van der Waals surface area (Å²) in [5.41, 5.74) is 5.42. The molecule has 1 saturated heterocycles. The van der Waals surface area contributed by atoms with Crippen LogP contribution in [0.3, 0.4) is 0 Å². The number of hydrogen-bond donors (Lipinski definition) is 1. The highest BCUT2D eigenvalue weighted by Gasteiger charge is 2.30. The number of Topliss-reactive ketones (excluding diaryl/α,β-unsaturated/α-hetero) is 1. The molecule has 0 aliphatic carbocycles. The monoisotopic (exact) mass is 207 g/mol. The topological polar surface area (TPSA) is 102 Å². The molecule has 1 amide bonds. The Morgan fingerprint density at radius 2 is 2.00 bits per heavy atom. The van der Waals surface area contributed by atoms with E-state index in [1.807, 2.05) is 0 Å². The van der Waals surface area contributed by atoms with Gasteiger partial charge in [0.15, 0.2) is 5.78 Å². The molecule has 2 heterocycles. The average molecular weight is 207 g/mol. The van der Waals surface area contributed by atoms with Gasteiger partial charge in [-0.05, 0) is 6.92 Å². The predicted octanol–water partition coefficient (Wildman–Crippen LogP) is -0.932. The van der Waals surface area contributed by atoms with E-state index < -0.39 is 0 Å². The standard InChI is InChI=1S/C8H9N5O2/c1-4-10-7(9)12-8(11-4)13-3-5(14)2-6(13)15/h2-3H2,1H3,(H2,9,10,11,12). The summed E-state index contributed by atoms with van der Waals surface area (Å²) in [6.45, 7) is 1.66. The zero-order chi connectivity index (χ0) is 11.0. The second kappa shape index (κ2) is 3.26. The normalized spacial score (nSPS) is 16.2. The van der Waals surface area contributed by atoms with Crippen LogP contribution >= 0.6 is 0 Å². The number of aryl methyl sites for hydroxylation is 1. The molecule has 1 aliphatic rings. The van der Waals surface area contributed by atoms with E-state index in [4.69, 9.17) is 5.73 Å². The second-order valence-electron chi connectivity index (χ2n) is 3.24. The van der Waals surface area contributed by atoms with E-state index >= 15 is 0 Å². The van der Waals surface area contributed by atoms with Gasteiger partial charge in [-0.25, -0.2) is 0 Å². The molecule has 1 aromatic heterocycles. The van der Waals surface area contributed by atoms with Crippen molar-refractivity contribution >= 4 is 23.6 Å². The van der Waals surface area contributed by atoms with E-state index in [0.29, 0.717) is 5.82 Å². The molecule has 0 saturated carbocycles. The molecule has 0 bridgehead atoms. The Morgan fingerprint density at radius 3 is 2.53 bits per heavy atom. The third-order valence-electron chi connectivity index (χ3n) is 1.98. The van der Waals surface area contributed by atoms with Crippen LogP contribution in [0.1, 0.15) is 12.2 Å². The second-order valence-corrected chi connectivity index (χ2v) is 3.24. The van der Waals surface area contributed by atoms with E-state index in [1.165, 1.54) is 4.90 Å². The van der Waals surface area contributed by atoms with Gasteiger partial charge in [-0.3, -0.25) is 14.5 Å². The van der Waals surface area contributed by atoms with Crippen LogP contribution in [0.4, 0.5) is 11.9 Å². The fourth-order valence-electron chi connectivity index (χ4n) is 1.38. The lowest BCUT2D eigenvalue weighted by atomic mass is 10.3. The van der Waals surface area contributed by atoms with Gasteiger partial charge in [0.2, 0.25) is 17.8 Å². The van der Waals surface area contributed by atoms with Gasteiger partial charge in [0, 0.05) is 0 Å². The van der Waals surface area contributed by atoms with Crippen molar-refractivity contribution in [2.45, 2.75) is 13.3 Å². The van der Waals surface area contributed by atoms with Crippen molar-refractivity contribution in [3.8, 4) is 0 Å². The molecular weight excluding hydrogens is 198 g/mol. The highest BCUT2D eigenvalue weighted by atomic mass is 16.2. The van der Waals surface area contributed by atoms with Crippen LogP contribution in [-0.2, 0) is 9.59 Å². The number of rotatable bonds is 1. The third kappa shape index (κ3) is 1.76. The molecule has 1 fully saturated rings. The Bertz CT molecular complexity index is 424. The van der Waals surface area contributed by atoms with Crippen molar-refractivity contribution < 1.29 is 9.59 Å². The molecule has 0 spiro atoms. The quantitative estimate of drug-likeness (QED) is 0.597. The summed E-state index contributed by atoms with van der Waals surface area (Å²) in [6, 6.07) is 0. The Hall–Kier alpha value is -2.05. The van der Waals surface area contributed by atoms with Crippen LogP contribution < -0.4 is 10.6 Å². The SMILES string of the molecule is Cc1nc(N)nc(N2CC(=O)CC2=O)n1. The first-order chi connectivity index (χ1) is 7.06. The van der Waals surface area contributed by atoms with Crippen LogP contribution in [0.25, 0.3) is 0 Å². The lowest BCUT2D eigenvalue weighted by molar-refractivity contribution is -0.121. The number of ketones is 1. The molecule has 1 aromatic rings. The number of nitrogens with two attached hydrogens (primary N) is 1. The summed E-state index contributed by atoms with van der Waals surface area (Å²) >= 11 is 0. The number of amides is 1. The van der Waals surface area contributed by atoms with Crippen molar-refractivity contribution in [1.82, 2.24) is 15.0 Å². The summed E-state index contributed by atoms with van der Waals surface area (Å²) in [7, 11) is 0. The van der Waals surface area contributed by atoms with Crippen molar-refractivity contribution in [1.29, 1.82) is 0 Å². The lowest BCUT2D eigenvalue weighted by Gasteiger charge is -2.12. The Kier molecular flexibility index (Phi) is 2.07. The van der Waals surface area contributed by atoms with Gasteiger partial charge < -0.3 is 5.73 Å². The number of hydrogen-bond acceptors (Lipinski definition) is 6. The summed E-state index contributed by atoms with van der Waals surface area (Å²) in [6.07, 6.45) is -0.0926. The summed E-state index contributed by atoms with van der Waals surface area (Å²) in [4.78, 5) is 35.2. The molecule has 7 nitrogen and oxygen atoms in total. The fourth-order valence-corrected chi connectivity index (χ4v) is 1.38. The minimum absolute atomic E-state index is 0.0156. The van der Waals surface area contributed by atoms with Crippen LogP contribution in [0.15, 0.2) is 0 Å². The third-order valence-corrected chi connectivity index (χ3v) is 1.98. The maximum Gasteiger partial charge on any atom is 0.237 e. The van der Waals surface area contributed by atoms with E-state index in [-0.39, 0.29) is 36.6 Å². The van der Waals surface area contributed by atoms with Gasteiger partial charge in [-0.1, -0.05) is 0 Å². The van der Waals surface area contributed by atoms with E-state index in [0.717, 1.165) is 0 Å². The number of nitrogens with zero attached hydrogens (tertiary/aromatic N) is 4. The molecule has 0 aromatic carbocycles. The number of nitrogen functional groups attached to an aromatic ring is 1. The maximum atomic E-state index is 11.4. The number of anilines is 2. The first-order valence-corrected chi connectivity index (χ1v) is 4.36. The van der Waals surface area contributed by atoms with Gasteiger partial charge in [0.05, 0.1) is 13.0 Å². The molecular formula is C8H9N5O2. The van der Waals surface area contributed by atoms with Gasteiger partial charge >= 0.3 is 0 Å². The van der Waals surface area contributed by atoms with Crippen LogP contribution in [0, 0.1) is 6.92 Å². The Labute approximate surface area is 85.3 Å². The molecule has 2 N–H and O–H groups in total. The van der Waals surface area contributed by atoms with Gasteiger partial charge in [0.1, 0.15) is 5.82 Å². The van der Waals surface area contributed by atoms with Gasteiger partial charge in [0.25, 0.3) is 0 Å². The van der Waals surface area contributed by atoms with Crippen molar-refractivity contribution in [2.75, 3.05) is 17.2 Å². The lowest BCUT2D eigenvalue weighted by Crippen LogP contribution is -2.27. The minimum Gasteiger partial charge on any atom is -0.368 e. The molecule has 7 heteroatoms. The molecule has 2 rings (SSSR count). The maximum absolute atomic E-state index is 11.4. The van der Waals surface area contributed by atoms with Crippen LogP contribution in [-0.4, -0.2) is 33.2 Å². The largest absolute Gasteiger partial charge is 0.368 e.